The number of fused-ring (bicyclic) bond motifs is 1. The van der Waals surface area contributed by atoms with Gasteiger partial charge in [0, 0.05) is 26.2 Å². The zero-order valence-corrected chi connectivity index (χ0v) is 15.9. The Kier molecular flexibility index (Phi) is 4.74. The molecule has 0 aliphatic carbocycles. The lowest BCUT2D eigenvalue weighted by Gasteiger charge is -2.37. The molecule has 3 heterocycles. The van der Waals surface area contributed by atoms with Crippen LogP contribution in [-0.2, 0) is 4.79 Å². The zero-order chi connectivity index (χ0) is 19.7. The maximum absolute atomic E-state index is 12.9. The predicted molar refractivity (Wildman–Crippen MR) is 101 cm³/mol. The average Bonchev–Trinajstić information content (AvgIpc) is 2.75. The second kappa shape index (κ2) is 7.35. The van der Waals surface area contributed by atoms with Crippen LogP contribution in [0.5, 0.6) is 11.5 Å². The molecule has 1 aromatic carbocycles. The summed E-state index contributed by atoms with van der Waals surface area (Å²) in [4.78, 5) is 16.6. The third kappa shape index (κ3) is 3.20. The van der Waals surface area contributed by atoms with E-state index >= 15 is 0 Å². The number of carbonyl (C=O) groups is 1. The first kappa shape index (κ1) is 18.0. The Morgan fingerprint density at radius 2 is 1.86 bits per heavy atom. The van der Waals surface area contributed by atoms with Crippen molar-refractivity contribution in [3.8, 4) is 17.6 Å². The number of ether oxygens (including phenoxy) is 2. The van der Waals surface area contributed by atoms with Crippen LogP contribution in [0.25, 0.3) is 0 Å². The van der Waals surface area contributed by atoms with Crippen LogP contribution in [0.2, 0.25) is 0 Å². The summed E-state index contributed by atoms with van der Waals surface area (Å²) < 4.78 is 11.5. The molecule has 1 fully saturated rings. The van der Waals surface area contributed by atoms with Gasteiger partial charge in [-0.2, -0.15) is 10.4 Å². The molecule has 2 aliphatic heterocycles. The van der Waals surface area contributed by atoms with E-state index in [1.54, 1.807) is 11.0 Å². The second-order valence-corrected chi connectivity index (χ2v) is 6.90. The Morgan fingerprint density at radius 1 is 1.14 bits per heavy atom. The van der Waals surface area contributed by atoms with Crippen LogP contribution in [0.1, 0.15) is 16.8 Å². The molecule has 1 saturated heterocycles. The third-order valence-electron chi connectivity index (χ3n) is 5.22. The normalized spacial score (nSPS) is 18.5. The molecule has 0 bridgehead atoms. The van der Waals surface area contributed by atoms with Crippen molar-refractivity contribution >= 4 is 11.7 Å². The number of hydrogen-bond donors (Lipinski definition) is 0. The Morgan fingerprint density at radius 3 is 2.57 bits per heavy atom. The molecular formula is C20H21N5O3. The third-order valence-corrected chi connectivity index (χ3v) is 5.22. The van der Waals surface area contributed by atoms with E-state index in [-0.39, 0.29) is 12.5 Å². The van der Waals surface area contributed by atoms with Gasteiger partial charge in [-0.1, -0.05) is 12.1 Å². The van der Waals surface area contributed by atoms with Gasteiger partial charge in [-0.25, -0.2) is 0 Å². The van der Waals surface area contributed by atoms with Crippen LogP contribution in [0.4, 0.5) is 5.82 Å². The topological polar surface area (TPSA) is 91.6 Å². The van der Waals surface area contributed by atoms with Crippen LogP contribution in [0.15, 0.2) is 24.3 Å². The van der Waals surface area contributed by atoms with Crippen molar-refractivity contribution in [3.05, 3.63) is 41.1 Å². The molecule has 2 aromatic rings. The van der Waals surface area contributed by atoms with Crippen molar-refractivity contribution in [3.63, 3.8) is 0 Å². The van der Waals surface area contributed by atoms with E-state index in [0.717, 1.165) is 11.3 Å². The average molecular weight is 379 g/mol. The van der Waals surface area contributed by atoms with Gasteiger partial charge in [0.05, 0.1) is 5.69 Å². The molecule has 0 saturated carbocycles. The number of nitrogens with zero attached hydrogens (tertiary/aromatic N) is 5. The Hall–Kier alpha value is -3.34. The molecule has 28 heavy (non-hydrogen) atoms. The first-order valence-electron chi connectivity index (χ1n) is 9.24. The number of carbonyl (C=O) groups excluding carboxylic acids is 1. The fourth-order valence-corrected chi connectivity index (χ4v) is 3.43. The van der Waals surface area contributed by atoms with E-state index in [4.69, 9.17) is 9.47 Å². The molecule has 1 amide bonds. The molecule has 0 N–H and O–H groups in total. The van der Waals surface area contributed by atoms with E-state index < -0.39 is 6.10 Å². The van der Waals surface area contributed by atoms with Crippen LogP contribution < -0.4 is 14.4 Å². The maximum Gasteiger partial charge on any atom is 0.267 e. The van der Waals surface area contributed by atoms with Gasteiger partial charge >= 0.3 is 0 Å². The first-order chi connectivity index (χ1) is 13.6. The van der Waals surface area contributed by atoms with Crippen LogP contribution in [0, 0.1) is 25.2 Å². The monoisotopic (exact) mass is 379 g/mol. The van der Waals surface area contributed by atoms with Crippen LogP contribution >= 0.6 is 0 Å². The van der Waals surface area contributed by atoms with Gasteiger partial charge in [0.15, 0.2) is 17.3 Å². The molecule has 1 aromatic heterocycles. The number of hydrogen-bond acceptors (Lipinski definition) is 7. The molecule has 144 valence electrons. The van der Waals surface area contributed by atoms with Gasteiger partial charge in [0.2, 0.25) is 6.10 Å². The van der Waals surface area contributed by atoms with Crippen molar-refractivity contribution in [2.75, 3.05) is 37.7 Å². The standard InChI is InChI=1S/C20H21N5O3/c1-13-14(2)22-23-19(15(13)11-21)24-7-9-25(10-8-24)20(26)18-12-27-16-5-3-4-6-17(16)28-18/h3-6,18H,7-10,12H2,1-2H3/t18-/m1/s1. The fraction of sp³-hybridized carbons (Fsp3) is 0.400. The summed E-state index contributed by atoms with van der Waals surface area (Å²) in [5, 5.41) is 17.9. The molecule has 0 spiro atoms. The number of aryl methyl sites for hydroxylation is 1. The number of aromatic nitrogens is 2. The minimum atomic E-state index is -0.641. The van der Waals surface area contributed by atoms with Crippen molar-refractivity contribution in [2.45, 2.75) is 20.0 Å². The smallest absolute Gasteiger partial charge is 0.267 e. The lowest BCUT2D eigenvalue weighted by molar-refractivity contribution is -0.141. The van der Waals surface area contributed by atoms with Gasteiger partial charge in [0.1, 0.15) is 18.2 Å². The van der Waals surface area contributed by atoms with E-state index in [9.17, 15) is 10.1 Å². The largest absolute Gasteiger partial charge is 0.485 e. The predicted octanol–water partition coefficient (Wildman–Crippen LogP) is 1.45. The van der Waals surface area contributed by atoms with Gasteiger partial charge in [0.25, 0.3) is 5.91 Å². The highest BCUT2D eigenvalue weighted by Gasteiger charge is 2.33. The Labute approximate surface area is 163 Å². The molecule has 0 unspecified atom stereocenters. The van der Waals surface area contributed by atoms with E-state index in [1.165, 1.54) is 0 Å². The highest BCUT2D eigenvalue weighted by atomic mass is 16.6. The number of anilines is 1. The number of benzene rings is 1. The van der Waals surface area contributed by atoms with Crippen LogP contribution in [0.3, 0.4) is 0 Å². The highest BCUT2D eigenvalue weighted by molar-refractivity contribution is 5.82. The summed E-state index contributed by atoms with van der Waals surface area (Å²) in [5.41, 5.74) is 2.15. The Balaban J connectivity index is 1.42. The fourth-order valence-electron chi connectivity index (χ4n) is 3.43. The summed E-state index contributed by atoms with van der Waals surface area (Å²) in [6.07, 6.45) is -0.641. The lowest BCUT2D eigenvalue weighted by Crippen LogP contribution is -2.54. The summed E-state index contributed by atoms with van der Waals surface area (Å²) in [6, 6.07) is 9.58. The van der Waals surface area contributed by atoms with Gasteiger partial charge < -0.3 is 19.3 Å². The van der Waals surface area contributed by atoms with Crippen molar-refractivity contribution in [1.29, 1.82) is 5.26 Å². The molecule has 0 radical (unpaired) electrons. The highest BCUT2D eigenvalue weighted by Crippen LogP contribution is 2.31. The van der Waals surface area contributed by atoms with Crippen LogP contribution in [-0.4, -0.2) is 59.9 Å². The van der Waals surface area contributed by atoms with Gasteiger partial charge in [-0.3, -0.25) is 4.79 Å². The maximum atomic E-state index is 12.9. The zero-order valence-electron chi connectivity index (χ0n) is 15.9. The van der Waals surface area contributed by atoms with E-state index in [1.807, 2.05) is 36.9 Å². The quantitative estimate of drug-likeness (QED) is 0.780. The number of amides is 1. The molecule has 8 heteroatoms. The lowest BCUT2D eigenvalue weighted by atomic mass is 10.1. The summed E-state index contributed by atoms with van der Waals surface area (Å²) in [6.45, 7) is 6.15. The van der Waals surface area contributed by atoms with Crippen molar-refractivity contribution < 1.29 is 14.3 Å². The minimum absolute atomic E-state index is 0.0826. The number of nitriles is 1. The number of para-hydroxylation sites is 2. The minimum Gasteiger partial charge on any atom is -0.485 e. The molecule has 2 aliphatic rings. The first-order valence-corrected chi connectivity index (χ1v) is 9.24. The van der Waals surface area contributed by atoms with E-state index in [2.05, 4.69) is 16.3 Å². The van der Waals surface area contributed by atoms with Gasteiger partial charge in [-0.05, 0) is 31.5 Å². The van der Waals surface area contributed by atoms with Gasteiger partial charge in [-0.15, -0.1) is 5.10 Å². The van der Waals surface area contributed by atoms with Crippen molar-refractivity contribution in [2.24, 2.45) is 0 Å². The molecule has 8 nitrogen and oxygen atoms in total. The van der Waals surface area contributed by atoms with E-state index in [0.29, 0.717) is 49.1 Å². The second-order valence-electron chi connectivity index (χ2n) is 6.90. The molecule has 4 rings (SSSR count). The molecular weight excluding hydrogens is 358 g/mol. The summed E-state index contributed by atoms with van der Waals surface area (Å²) in [7, 11) is 0. The number of rotatable bonds is 2. The SMILES string of the molecule is Cc1nnc(N2CCN(C(=O)[C@H]3COc4ccccc4O3)CC2)c(C#N)c1C. The molecule has 1 atom stereocenters. The van der Waals surface area contributed by atoms with Crippen molar-refractivity contribution in [1.82, 2.24) is 15.1 Å². The Bertz CT molecular complexity index is 947. The summed E-state index contributed by atoms with van der Waals surface area (Å²) in [5.74, 6) is 1.76. The summed E-state index contributed by atoms with van der Waals surface area (Å²) >= 11 is 0. The number of piperazine rings is 1.